The highest BCUT2D eigenvalue weighted by molar-refractivity contribution is 7.19. The zero-order chi connectivity index (χ0) is 18.3. The molecule has 2 aromatic carbocycles. The summed E-state index contributed by atoms with van der Waals surface area (Å²) < 4.78 is 17.7. The first-order chi connectivity index (χ1) is 12.7. The molecule has 4 rings (SSSR count). The molecule has 1 aromatic heterocycles. The largest absolute Gasteiger partial charge is 0.493 e. The molecule has 0 bridgehead atoms. The van der Waals surface area contributed by atoms with Crippen LogP contribution < -0.4 is 19.9 Å². The van der Waals surface area contributed by atoms with Crippen LogP contribution in [0.1, 0.15) is 16.4 Å². The van der Waals surface area contributed by atoms with Crippen molar-refractivity contribution in [3.05, 3.63) is 64.4 Å². The number of benzene rings is 2. The molecule has 0 unspecified atom stereocenters. The minimum Gasteiger partial charge on any atom is -0.493 e. The van der Waals surface area contributed by atoms with Crippen molar-refractivity contribution in [1.29, 1.82) is 5.26 Å². The summed E-state index contributed by atoms with van der Waals surface area (Å²) >= 11 is 1.61. The van der Waals surface area contributed by atoms with E-state index >= 15 is 0 Å². The maximum atomic E-state index is 9.70. The van der Waals surface area contributed by atoms with Gasteiger partial charge in [0.1, 0.15) is 11.6 Å². The Bertz CT molecular complexity index is 1080. The Morgan fingerprint density at radius 1 is 1.12 bits per heavy atom. The van der Waals surface area contributed by atoms with E-state index in [1.165, 1.54) is 0 Å². The average Bonchev–Trinajstić information content (AvgIpc) is 3.04. The van der Waals surface area contributed by atoms with E-state index in [4.69, 9.17) is 19.9 Å². The Hall–Kier alpha value is -3.17. The van der Waals surface area contributed by atoms with E-state index in [1.807, 2.05) is 42.5 Å². The zero-order valence-electron chi connectivity index (χ0n) is 14.3. The molecule has 0 aliphatic carbocycles. The summed E-state index contributed by atoms with van der Waals surface area (Å²) in [6, 6.07) is 15.8. The summed E-state index contributed by atoms with van der Waals surface area (Å²) in [4.78, 5) is 0.962. The third kappa shape index (κ3) is 2.37. The number of fused-ring (bicyclic) bond motifs is 3. The molecule has 0 saturated carbocycles. The van der Waals surface area contributed by atoms with Crippen molar-refractivity contribution in [2.75, 3.05) is 14.2 Å². The van der Waals surface area contributed by atoms with Gasteiger partial charge in [-0.05, 0) is 29.8 Å². The lowest BCUT2D eigenvalue weighted by Crippen LogP contribution is -2.19. The topological polar surface area (TPSA) is 77.5 Å². The summed E-state index contributed by atoms with van der Waals surface area (Å²) in [5.41, 5.74) is 7.39. The van der Waals surface area contributed by atoms with Crippen molar-refractivity contribution in [3.63, 3.8) is 0 Å². The van der Waals surface area contributed by atoms with Crippen LogP contribution >= 0.6 is 11.3 Å². The second-order valence-electron chi connectivity index (χ2n) is 5.83. The fourth-order valence-corrected chi connectivity index (χ4v) is 4.51. The van der Waals surface area contributed by atoms with Gasteiger partial charge < -0.3 is 19.9 Å². The minimum absolute atomic E-state index is 0.142. The van der Waals surface area contributed by atoms with Gasteiger partial charge in [-0.2, -0.15) is 5.26 Å². The number of hydrogen-bond donors (Lipinski definition) is 1. The number of ether oxygens (including phenoxy) is 3. The van der Waals surface area contributed by atoms with Crippen molar-refractivity contribution in [1.82, 2.24) is 0 Å². The smallest absolute Gasteiger partial charge is 0.205 e. The second-order valence-corrected chi connectivity index (χ2v) is 6.91. The number of nitrogens with zero attached hydrogens (tertiary/aromatic N) is 1. The van der Waals surface area contributed by atoms with Crippen molar-refractivity contribution in [2.45, 2.75) is 5.92 Å². The van der Waals surface area contributed by atoms with Crippen LogP contribution in [0.25, 0.3) is 10.1 Å². The summed E-state index contributed by atoms with van der Waals surface area (Å²) in [7, 11) is 3.18. The normalized spacial score (nSPS) is 16.0. The zero-order valence-corrected chi connectivity index (χ0v) is 15.1. The van der Waals surface area contributed by atoms with Gasteiger partial charge in [0.05, 0.1) is 25.0 Å². The lowest BCUT2D eigenvalue weighted by molar-refractivity contribution is 0.354. The van der Waals surface area contributed by atoms with E-state index < -0.39 is 0 Å². The number of methoxy groups -OCH3 is 2. The summed E-state index contributed by atoms with van der Waals surface area (Å²) in [5, 5.41) is 10.7. The monoisotopic (exact) mass is 364 g/mol. The van der Waals surface area contributed by atoms with Gasteiger partial charge in [0, 0.05) is 10.1 Å². The fraction of sp³-hybridized carbons (Fsp3) is 0.150. The van der Waals surface area contributed by atoms with Crippen LogP contribution in [0.3, 0.4) is 0 Å². The maximum absolute atomic E-state index is 9.70. The van der Waals surface area contributed by atoms with Crippen LogP contribution in [0, 0.1) is 11.3 Å². The van der Waals surface area contributed by atoms with Gasteiger partial charge in [0.2, 0.25) is 5.88 Å². The molecule has 3 aromatic rings. The minimum atomic E-state index is -0.305. The lowest BCUT2D eigenvalue weighted by atomic mass is 9.88. The van der Waals surface area contributed by atoms with E-state index in [9.17, 15) is 5.26 Å². The van der Waals surface area contributed by atoms with Crippen LogP contribution in [0.4, 0.5) is 0 Å². The van der Waals surface area contributed by atoms with E-state index in [-0.39, 0.29) is 11.8 Å². The molecule has 0 fully saturated rings. The fourth-order valence-electron chi connectivity index (χ4n) is 3.24. The second kappa shape index (κ2) is 6.28. The summed E-state index contributed by atoms with van der Waals surface area (Å²) in [5.74, 6) is 1.80. The van der Waals surface area contributed by atoms with Crippen LogP contribution in [0.15, 0.2) is 53.9 Å². The first-order valence-electron chi connectivity index (χ1n) is 7.98. The molecule has 0 spiro atoms. The SMILES string of the molecule is COc1ccc([C@@H]2C(C#N)=C(N)Oc3c2sc2ccccc32)cc1OC. The molecule has 1 aliphatic rings. The average molecular weight is 364 g/mol. The van der Waals surface area contributed by atoms with Crippen molar-refractivity contribution in [3.8, 4) is 23.3 Å². The summed E-state index contributed by atoms with van der Waals surface area (Å²) in [6.07, 6.45) is 0. The molecule has 130 valence electrons. The molecule has 26 heavy (non-hydrogen) atoms. The molecule has 2 heterocycles. The number of thiophene rings is 1. The Balaban J connectivity index is 1.96. The number of rotatable bonds is 3. The Labute approximate surface area is 154 Å². The Kier molecular flexibility index (Phi) is 3.94. The van der Waals surface area contributed by atoms with Crippen molar-refractivity contribution < 1.29 is 14.2 Å². The van der Waals surface area contributed by atoms with E-state index in [0.29, 0.717) is 17.1 Å². The molecule has 2 N–H and O–H groups in total. The van der Waals surface area contributed by atoms with Crippen LogP contribution in [0.5, 0.6) is 17.2 Å². The molecular formula is C20H16N2O3S. The first-order valence-corrected chi connectivity index (χ1v) is 8.80. The molecule has 6 heteroatoms. The lowest BCUT2D eigenvalue weighted by Gasteiger charge is -2.24. The van der Waals surface area contributed by atoms with E-state index in [1.54, 1.807) is 25.6 Å². The van der Waals surface area contributed by atoms with Crippen LogP contribution in [-0.4, -0.2) is 14.2 Å². The van der Waals surface area contributed by atoms with Gasteiger partial charge in [-0.15, -0.1) is 11.3 Å². The number of hydrogen-bond acceptors (Lipinski definition) is 6. The van der Waals surface area contributed by atoms with Gasteiger partial charge in [0.15, 0.2) is 17.2 Å². The Morgan fingerprint density at radius 2 is 1.88 bits per heavy atom. The predicted molar refractivity (Wildman–Crippen MR) is 101 cm³/mol. The van der Waals surface area contributed by atoms with Gasteiger partial charge in [-0.1, -0.05) is 18.2 Å². The highest BCUT2D eigenvalue weighted by Gasteiger charge is 2.34. The van der Waals surface area contributed by atoms with E-state index in [0.717, 1.165) is 26.3 Å². The predicted octanol–water partition coefficient (Wildman–Crippen LogP) is 4.14. The van der Waals surface area contributed by atoms with Crippen LogP contribution in [-0.2, 0) is 0 Å². The van der Waals surface area contributed by atoms with Gasteiger partial charge in [0.25, 0.3) is 0 Å². The van der Waals surface area contributed by atoms with E-state index in [2.05, 4.69) is 6.07 Å². The third-order valence-electron chi connectivity index (χ3n) is 4.47. The third-order valence-corrected chi connectivity index (χ3v) is 5.68. The summed E-state index contributed by atoms with van der Waals surface area (Å²) in [6.45, 7) is 0. The molecule has 0 radical (unpaired) electrons. The number of allylic oxidation sites excluding steroid dienone is 1. The van der Waals surface area contributed by atoms with Crippen molar-refractivity contribution in [2.24, 2.45) is 5.73 Å². The molecule has 1 atom stereocenters. The van der Waals surface area contributed by atoms with Gasteiger partial charge in [-0.3, -0.25) is 0 Å². The highest BCUT2D eigenvalue weighted by atomic mass is 32.1. The van der Waals surface area contributed by atoms with Gasteiger partial charge in [-0.25, -0.2) is 0 Å². The van der Waals surface area contributed by atoms with Crippen molar-refractivity contribution >= 4 is 21.4 Å². The Morgan fingerprint density at radius 3 is 2.62 bits per heavy atom. The van der Waals surface area contributed by atoms with Gasteiger partial charge >= 0.3 is 0 Å². The molecular weight excluding hydrogens is 348 g/mol. The first kappa shape index (κ1) is 16.3. The molecule has 0 saturated heterocycles. The molecule has 0 amide bonds. The molecule has 1 aliphatic heterocycles. The number of nitriles is 1. The highest BCUT2D eigenvalue weighted by Crippen LogP contribution is 2.50. The number of nitrogens with two attached hydrogens (primary N) is 1. The molecule has 5 nitrogen and oxygen atoms in total. The quantitative estimate of drug-likeness (QED) is 0.756. The standard InChI is InChI=1S/C20H16N2O3S/c1-23-14-8-7-11(9-15(14)24-2)17-13(10-21)20(22)25-18-12-5-3-4-6-16(12)26-19(17)18/h3-9,17H,22H2,1-2H3/t17-/m1/s1. The maximum Gasteiger partial charge on any atom is 0.205 e. The van der Waals surface area contributed by atoms with Crippen LogP contribution in [0.2, 0.25) is 0 Å².